The first-order chi connectivity index (χ1) is 9.09. The molecule has 0 radical (unpaired) electrons. The van der Waals surface area contributed by atoms with Crippen LogP contribution in [-0.4, -0.2) is 28.6 Å². The number of aliphatic carboxylic acids is 1. The van der Waals surface area contributed by atoms with Gasteiger partial charge in [0.25, 0.3) is 0 Å². The van der Waals surface area contributed by atoms with Crippen molar-refractivity contribution in [3.05, 3.63) is 35.9 Å². The third-order valence-electron chi connectivity index (χ3n) is 4.02. The Bertz CT molecular complexity index is 416. The van der Waals surface area contributed by atoms with E-state index in [0.29, 0.717) is 5.92 Å². The molecule has 0 bridgehead atoms. The topological polar surface area (TPSA) is 40.5 Å². The van der Waals surface area contributed by atoms with Crippen molar-refractivity contribution in [2.45, 2.75) is 39.3 Å². The van der Waals surface area contributed by atoms with E-state index in [2.05, 4.69) is 30.9 Å². The van der Waals surface area contributed by atoms with E-state index in [-0.39, 0.29) is 12.0 Å². The van der Waals surface area contributed by atoms with Gasteiger partial charge in [-0.25, -0.2) is 0 Å². The van der Waals surface area contributed by atoms with Crippen LogP contribution in [-0.2, 0) is 11.3 Å². The van der Waals surface area contributed by atoms with E-state index in [1.165, 1.54) is 5.56 Å². The van der Waals surface area contributed by atoms with Crippen LogP contribution in [0.5, 0.6) is 0 Å². The van der Waals surface area contributed by atoms with Crippen LogP contribution in [0.2, 0.25) is 0 Å². The number of hydrogen-bond donors (Lipinski definition) is 1. The largest absolute Gasteiger partial charge is 0.481 e. The molecule has 2 unspecified atom stereocenters. The van der Waals surface area contributed by atoms with Crippen molar-refractivity contribution >= 4 is 5.97 Å². The molecule has 0 aliphatic carbocycles. The molecule has 1 N–H and O–H groups in total. The molecule has 0 spiro atoms. The van der Waals surface area contributed by atoms with Gasteiger partial charge in [-0.1, -0.05) is 44.2 Å². The van der Waals surface area contributed by atoms with E-state index < -0.39 is 5.97 Å². The zero-order chi connectivity index (χ0) is 13.8. The van der Waals surface area contributed by atoms with Gasteiger partial charge in [0.05, 0.1) is 5.92 Å². The van der Waals surface area contributed by atoms with Gasteiger partial charge >= 0.3 is 5.97 Å². The zero-order valence-electron chi connectivity index (χ0n) is 11.7. The fraction of sp³-hybridized carbons (Fsp3) is 0.562. The molecule has 19 heavy (non-hydrogen) atoms. The quantitative estimate of drug-likeness (QED) is 0.905. The number of carboxylic acid groups (broad SMARTS) is 1. The third-order valence-corrected chi connectivity index (χ3v) is 4.02. The second kappa shape index (κ2) is 6.20. The van der Waals surface area contributed by atoms with E-state index in [1.807, 2.05) is 18.2 Å². The highest BCUT2D eigenvalue weighted by Crippen LogP contribution is 2.30. The van der Waals surface area contributed by atoms with Gasteiger partial charge in [0, 0.05) is 12.6 Å². The molecule has 1 aliphatic heterocycles. The number of carbonyl (C=O) groups is 1. The summed E-state index contributed by atoms with van der Waals surface area (Å²) < 4.78 is 0. The number of hydrogen-bond acceptors (Lipinski definition) is 2. The first kappa shape index (κ1) is 14.1. The maximum atomic E-state index is 11.4. The molecular weight excluding hydrogens is 238 g/mol. The van der Waals surface area contributed by atoms with Crippen LogP contribution in [0.15, 0.2) is 30.3 Å². The average molecular weight is 261 g/mol. The fourth-order valence-electron chi connectivity index (χ4n) is 3.25. The Balaban J connectivity index is 2.15. The molecule has 3 nitrogen and oxygen atoms in total. The van der Waals surface area contributed by atoms with Crippen molar-refractivity contribution in [1.29, 1.82) is 0 Å². The van der Waals surface area contributed by atoms with Crippen molar-refractivity contribution in [2.75, 3.05) is 6.54 Å². The highest BCUT2D eigenvalue weighted by Gasteiger charge is 2.37. The lowest BCUT2D eigenvalue weighted by atomic mass is 9.82. The molecule has 1 heterocycles. The molecule has 0 aromatic heterocycles. The number of carboxylic acids is 1. The van der Waals surface area contributed by atoms with Crippen molar-refractivity contribution in [3.8, 4) is 0 Å². The second-order valence-corrected chi connectivity index (χ2v) is 5.78. The monoisotopic (exact) mass is 261 g/mol. The van der Waals surface area contributed by atoms with Gasteiger partial charge in [-0.3, -0.25) is 9.69 Å². The Morgan fingerprint density at radius 3 is 2.63 bits per heavy atom. The predicted molar refractivity (Wildman–Crippen MR) is 75.8 cm³/mol. The lowest BCUT2D eigenvalue weighted by Crippen LogP contribution is -2.50. The summed E-state index contributed by atoms with van der Waals surface area (Å²) in [5.41, 5.74) is 1.26. The van der Waals surface area contributed by atoms with E-state index in [4.69, 9.17) is 0 Å². The summed E-state index contributed by atoms with van der Waals surface area (Å²) in [4.78, 5) is 13.8. The molecular formula is C16H23NO2. The number of benzene rings is 1. The number of rotatable bonds is 4. The lowest BCUT2D eigenvalue weighted by molar-refractivity contribution is -0.147. The van der Waals surface area contributed by atoms with Crippen LogP contribution >= 0.6 is 0 Å². The zero-order valence-corrected chi connectivity index (χ0v) is 11.7. The first-order valence-corrected chi connectivity index (χ1v) is 7.10. The molecule has 0 saturated carbocycles. The molecule has 3 heteroatoms. The van der Waals surface area contributed by atoms with Gasteiger partial charge < -0.3 is 5.11 Å². The fourth-order valence-corrected chi connectivity index (χ4v) is 3.25. The Morgan fingerprint density at radius 2 is 2.05 bits per heavy atom. The second-order valence-electron chi connectivity index (χ2n) is 5.78. The smallest absolute Gasteiger partial charge is 0.308 e. The van der Waals surface area contributed by atoms with Crippen LogP contribution in [0.25, 0.3) is 0 Å². The maximum Gasteiger partial charge on any atom is 0.308 e. The highest BCUT2D eigenvalue weighted by molar-refractivity contribution is 5.71. The minimum absolute atomic E-state index is 0.145. The van der Waals surface area contributed by atoms with Crippen LogP contribution in [0.1, 0.15) is 32.3 Å². The Labute approximate surface area is 115 Å². The molecule has 0 amide bonds. The molecule has 1 saturated heterocycles. The molecule has 1 aromatic rings. The summed E-state index contributed by atoms with van der Waals surface area (Å²) in [5, 5.41) is 9.41. The SMILES string of the molecule is CC(C)C1C(C(=O)O)CCCN1Cc1ccccc1. The van der Waals surface area contributed by atoms with E-state index in [0.717, 1.165) is 25.9 Å². The van der Waals surface area contributed by atoms with Gasteiger partial charge in [-0.2, -0.15) is 0 Å². The Morgan fingerprint density at radius 1 is 1.37 bits per heavy atom. The Hall–Kier alpha value is -1.35. The third kappa shape index (κ3) is 3.35. The van der Waals surface area contributed by atoms with Crippen molar-refractivity contribution in [1.82, 2.24) is 4.90 Å². The Kier molecular flexibility index (Phi) is 4.59. The maximum absolute atomic E-state index is 11.4. The van der Waals surface area contributed by atoms with Crippen molar-refractivity contribution in [3.63, 3.8) is 0 Å². The first-order valence-electron chi connectivity index (χ1n) is 7.10. The molecule has 1 aromatic carbocycles. The van der Waals surface area contributed by atoms with E-state index in [9.17, 15) is 9.90 Å². The summed E-state index contributed by atoms with van der Waals surface area (Å²) >= 11 is 0. The van der Waals surface area contributed by atoms with Gasteiger partial charge in [-0.15, -0.1) is 0 Å². The summed E-state index contributed by atoms with van der Waals surface area (Å²) in [6, 6.07) is 10.5. The normalized spacial score (nSPS) is 24.6. The average Bonchev–Trinajstić information content (AvgIpc) is 2.39. The minimum atomic E-state index is -0.642. The van der Waals surface area contributed by atoms with Gasteiger partial charge in [0.15, 0.2) is 0 Å². The number of piperidine rings is 1. The van der Waals surface area contributed by atoms with Crippen LogP contribution < -0.4 is 0 Å². The van der Waals surface area contributed by atoms with Crippen LogP contribution in [0.3, 0.4) is 0 Å². The van der Waals surface area contributed by atoms with Gasteiger partial charge in [0.1, 0.15) is 0 Å². The standard InChI is InChI=1S/C16H23NO2/c1-12(2)15-14(16(18)19)9-6-10-17(15)11-13-7-4-3-5-8-13/h3-5,7-8,12,14-15H,6,9-11H2,1-2H3,(H,18,19). The summed E-state index contributed by atoms with van der Waals surface area (Å²) in [7, 11) is 0. The highest BCUT2D eigenvalue weighted by atomic mass is 16.4. The predicted octanol–water partition coefficient (Wildman–Crippen LogP) is 3.01. The van der Waals surface area contributed by atoms with E-state index >= 15 is 0 Å². The van der Waals surface area contributed by atoms with Crippen LogP contribution in [0, 0.1) is 11.8 Å². The minimum Gasteiger partial charge on any atom is -0.481 e. The summed E-state index contributed by atoms with van der Waals surface area (Å²) in [5.74, 6) is -0.501. The molecule has 1 fully saturated rings. The summed E-state index contributed by atoms with van der Waals surface area (Å²) in [6.45, 7) is 6.11. The lowest BCUT2D eigenvalue weighted by Gasteiger charge is -2.42. The van der Waals surface area contributed by atoms with Crippen molar-refractivity contribution in [2.24, 2.45) is 11.8 Å². The molecule has 2 rings (SSSR count). The summed E-state index contributed by atoms with van der Waals surface area (Å²) in [6.07, 6.45) is 1.79. The number of likely N-dealkylation sites (tertiary alicyclic amines) is 1. The van der Waals surface area contributed by atoms with Crippen LogP contribution in [0.4, 0.5) is 0 Å². The molecule has 104 valence electrons. The molecule has 1 aliphatic rings. The number of nitrogens with zero attached hydrogens (tertiary/aromatic N) is 1. The molecule has 2 atom stereocenters. The van der Waals surface area contributed by atoms with E-state index in [1.54, 1.807) is 0 Å². The van der Waals surface area contributed by atoms with Gasteiger partial charge in [-0.05, 0) is 30.9 Å². The van der Waals surface area contributed by atoms with Crippen molar-refractivity contribution < 1.29 is 9.90 Å². The van der Waals surface area contributed by atoms with Gasteiger partial charge in [0.2, 0.25) is 0 Å².